The average Bonchev–Trinajstić information content (AvgIpc) is 3.03. The molecule has 3 bridgehead atoms. The second kappa shape index (κ2) is 4.63. The molecule has 1 aromatic rings. The van der Waals surface area contributed by atoms with Crippen molar-refractivity contribution in [3.8, 4) is 0 Å². The number of benzene rings is 1. The van der Waals surface area contributed by atoms with Gasteiger partial charge in [-0.3, -0.25) is 14.4 Å². The van der Waals surface area contributed by atoms with E-state index >= 15 is 0 Å². The summed E-state index contributed by atoms with van der Waals surface area (Å²) in [5.41, 5.74) is -2.69. The second-order valence-electron chi connectivity index (χ2n) is 9.13. The van der Waals surface area contributed by atoms with Crippen molar-refractivity contribution in [2.75, 3.05) is 11.9 Å². The lowest BCUT2D eigenvalue weighted by Crippen LogP contribution is -2.98. The van der Waals surface area contributed by atoms with Crippen molar-refractivity contribution in [1.29, 1.82) is 0 Å². The summed E-state index contributed by atoms with van der Waals surface area (Å²) in [6, 6.07) is 5.52. The van der Waals surface area contributed by atoms with Gasteiger partial charge in [0.05, 0.1) is 11.6 Å². The van der Waals surface area contributed by atoms with E-state index in [1.807, 2.05) is 32.0 Å². The van der Waals surface area contributed by atoms with Crippen molar-refractivity contribution < 1.29 is 24.4 Å². The van der Waals surface area contributed by atoms with Crippen LogP contribution in [0.2, 0.25) is 0 Å². The van der Waals surface area contributed by atoms with E-state index in [2.05, 4.69) is 13.6 Å². The Morgan fingerprint density at radius 1 is 1.21 bits per heavy atom. The first-order valence-corrected chi connectivity index (χ1v) is 9.53. The fourth-order valence-electron chi connectivity index (χ4n) is 6.44. The van der Waals surface area contributed by atoms with Crippen molar-refractivity contribution >= 4 is 23.2 Å². The van der Waals surface area contributed by atoms with Crippen molar-refractivity contribution in [3.63, 3.8) is 0 Å². The zero-order valence-corrected chi connectivity index (χ0v) is 16.5. The maximum Gasteiger partial charge on any atom is 0.264 e. The SMILES string of the molecule is C=C[C@]1(C)C(=O)[C@@H]2O[C@]34C(=O)N(C)c5cccc(c53)[C@@]1([NH2+][CH2-])C(=O)[C@H]2C4(C)C. The number of Topliss-reactive ketones (excluding diaryl/α,β-unsaturated/α-hetero) is 2. The number of amides is 1. The second-order valence-corrected chi connectivity index (χ2v) is 9.13. The van der Waals surface area contributed by atoms with Crippen LogP contribution in [0.1, 0.15) is 31.9 Å². The van der Waals surface area contributed by atoms with E-state index in [4.69, 9.17) is 4.74 Å². The molecule has 0 unspecified atom stereocenters. The van der Waals surface area contributed by atoms with Crippen LogP contribution in [-0.2, 0) is 30.3 Å². The molecule has 2 fully saturated rings. The van der Waals surface area contributed by atoms with Gasteiger partial charge < -0.3 is 15.0 Å². The van der Waals surface area contributed by atoms with E-state index in [1.165, 1.54) is 0 Å². The van der Waals surface area contributed by atoms with Crippen LogP contribution in [-0.4, -0.2) is 30.6 Å². The smallest absolute Gasteiger partial charge is 0.264 e. The highest BCUT2D eigenvalue weighted by molar-refractivity contribution is 6.16. The van der Waals surface area contributed by atoms with E-state index in [1.54, 1.807) is 30.3 Å². The summed E-state index contributed by atoms with van der Waals surface area (Å²) >= 11 is 0. The van der Waals surface area contributed by atoms with Gasteiger partial charge in [0.1, 0.15) is 11.5 Å². The number of nitrogens with two attached hydrogens (primary N) is 1. The minimum Gasteiger partial charge on any atom is -0.463 e. The Bertz CT molecular complexity index is 1010. The molecule has 0 radical (unpaired) electrons. The van der Waals surface area contributed by atoms with E-state index in [0.29, 0.717) is 11.1 Å². The van der Waals surface area contributed by atoms with Gasteiger partial charge in [-0.2, -0.15) is 7.05 Å². The number of hydrogen-bond acceptors (Lipinski definition) is 4. The standard InChI is InChI=1S/C22H24N2O4/c1-7-20(4)17(26)15-14-16(25)21(20,23-5)11-9-8-10-12-13(11)22(28-15,19(14,2)3)18(27)24(12)6/h7-10,14-15H,1,5,23H2,2-4,6H3/t14-,15+,20+,21+,22-/m0/s1. The first-order valence-electron chi connectivity index (χ1n) is 9.53. The quantitative estimate of drug-likeness (QED) is 0.608. The van der Waals surface area contributed by atoms with Gasteiger partial charge in [0, 0.05) is 23.6 Å². The number of ether oxygens (including phenoxy) is 1. The molecule has 6 heteroatoms. The first-order chi connectivity index (χ1) is 13.1. The highest BCUT2D eigenvalue weighted by Crippen LogP contribution is 2.69. The zero-order valence-electron chi connectivity index (χ0n) is 16.5. The van der Waals surface area contributed by atoms with Gasteiger partial charge >= 0.3 is 0 Å². The fourth-order valence-corrected chi connectivity index (χ4v) is 6.44. The van der Waals surface area contributed by atoms with Gasteiger partial charge in [-0.15, -0.1) is 6.58 Å². The highest BCUT2D eigenvalue weighted by Gasteiger charge is 2.82. The summed E-state index contributed by atoms with van der Waals surface area (Å²) in [4.78, 5) is 43.0. The van der Waals surface area contributed by atoms with E-state index in [0.717, 1.165) is 5.69 Å². The summed E-state index contributed by atoms with van der Waals surface area (Å²) < 4.78 is 6.39. The number of carbonyl (C=O) groups is 3. The summed E-state index contributed by atoms with van der Waals surface area (Å²) in [7, 11) is 5.72. The largest absolute Gasteiger partial charge is 0.463 e. The lowest BCUT2D eigenvalue weighted by molar-refractivity contribution is -0.681. The molecule has 1 spiro atoms. The third kappa shape index (κ3) is 1.30. The number of fused-ring (bicyclic) bond motifs is 2. The highest BCUT2D eigenvalue weighted by atomic mass is 16.5. The van der Waals surface area contributed by atoms with Gasteiger partial charge in [0.15, 0.2) is 16.9 Å². The molecule has 2 N–H and O–H groups in total. The van der Waals surface area contributed by atoms with Gasteiger partial charge in [-0.1, -0.05) is 32.1 Å². The molecular formula is C22H24N2O4. The van der Waals surface area contributed by atoms with Crippen LogP contribution < -0.4 is 10.2 Å². The molecule has 2 aliphatic carbocycles. The normalized spacial score (nSPS) is 42.0. The first kappa shape index (κ1) is 17.8. The molecule has 1 saturated heterocycles. The molecule has 1 amide bonds. The van der Waals surface area contributed by atoms with Gasteiger partial charge in [-0.05, 0) is 13.0 Å². The molecule has 5 atom stereocenters. The third-order valence-corrected chi connectivity index (χ3v) is 8.05. The number of anilines is 1. The van der Waals surface area contributed by atoms with Gasteiger partial charge in [-0.25, -0.2) is 0 Å². The van der Waals surface area contributed by atoms with Crippen molar-refractivity contribution in [1.82, 2.24) is 0 Å². The molecule has 1 saturated carbocycles. The summed E-state index contributed by atoms with van der Waals surface area (Å²) in [5.74, 6) is -1.29. The van der Waals surface area contributed by atoms with Crippen LogP contribution in [0.4, 0.5) is 5.69 Å². The molecule has 1 aromatic carbocycles. The van der Waals surface area contributed by atoms with E-state index in [-0.39, 0.29) is 17.5 Å². The number of carbonyl (C=O) groups excluding carboxylic acids is 3. The Balaban J connectivity index is 2.06. The molecule has 2 aliphatic heterocycles. The molecule has 146 valence electrons. The van der Waals surface area contributed by atoms with Crippen LogP contribution in [0.5, 0.6) is 0 Å². The Kier molecular flexibility index (Phi) is 2.94. The third-order valence-electron chi connectivity index (χ3n) is 8.05. The Hall–Kier alpha value is -2.31. The molecular weight excluding hydrogens is 356 g/mol. The summed E-state index contributed by atoms with van der Waals surface area (Å²) in [6.45, 7) is 9.38. The lowest BCUT2D eigenvalue weighted by Gasteiger charge is -2.51. The van der Waals surface area contributed by atoms with Gasteiger partial charge in [0.2, 0.25) is 5.78 Å². The number of nitrogens with zero attached hydrogens (tertiary/aromatic N) is 1. The Morgan fingerprint density at radius 3 is 2.50 bits per heavy atom. The molecule has 0 aromatic heterocycles. The van der Waals surface area contributed by atoms with Crippen LogP contribution in [0, 0.1) is 23.8 Å². The summed E-state index contributed by atoms with van der Waals surface area (Å²) in [6.07, 6.45) is 0.572. The van der Waals surface area contributed by atoms with Crippen LogP contribution in [0.15, 0.2) is 30.9 Å². The van der Waals surface area contributed by atoms with Crippen LogP contribution in [0.3, 0.4) is 0 Å². The monoisotopic (exact) mass is 380 g/mol. The van der Waals surface area contributed by atoms with Gasteiger partial charge in [0.25, 0.3) is 5.91 Å². The predicted octanol–water partition coefficient (Wildman–Crippen LogP) is 0.807. The molecule has 6 nitrogen and oxygen atoms in total. The number of rotatable bonds is 2. The van der Waals surface area contributed by atoms with Crippen molar-refractivity contribution in [2.45, 2.75) is 38.0 Å². The number of ketones is 2. The Morgan fingerprint density at radius 2 is 1.89 bits per heavy atom. The number of likely N-dealkylation sites (N-methyl/N-ethyl adjacent to an activating group) is 1. The van der Waals surface area contributed by atoms with Crippen LogP contribution in [0.25, 0.3) is 0 Å². The number of hydrogen-bond donors (Lipinski definition) is 1. The minimum atomic E-state index is -1.36. The molecule has 5 rings (SSSR count). The number of quaternary nitrogens is 1. The molecule has 2 heterocycles. The summed E-state index contributed by atoms with van der Waals surface area (Å²) in [5, 5.41) is 1.59. The fraction of sp³-hybridized carbons (Fsp3) is 0.455. The van der Waals surface area contributed by atoms with Crippen LogP contribution >= 0.6 is 0 Å². The van der Waals surface area contributed by atoms with Crippen molar-refractivity contribution in [2.24, 2.45) is 16.7 Å². The average molecular weight is 380 g/mol. The van der Waals surface area contributed by atoms with Crippen molar-refractivity contribution in [3.05, 3.63) is 49.0 Å². The maximum atomic E-state index is 14.1. The Labute approximate surface area is 163 Å². The molecule has 28 heavy (non-hydrogen) atoms. The maximum absolute atomic E-state index is 14.1. The topological polar surface area (TPSA) is 80.3 Å². The predicted molar refractivity (Wildman–Crippen MR) is 101 cm³/mol. The molecule has 4 aliphatic rings. The zero-order chi connectivity index (χ0) is 20.4. The lowest BCUT2D eigenvalue weighted by atomic mass is 9.52. The van der Waals surface area contributed by atoms with E-state index in [9.17, 15) is 14.4 Å². The van der Waals surface area contributed by atoms with E-state index < -0.39 is 34.0 Å². The minimum absolute atomic E-state index is 0.116.